The van der Waals surface area contributed by atoms with Crippen molar-refractivity contribution in [3.63, 3.8) is 0 Å². The van der Waals surface area contributed by atoms with Gasteiger partial charge in [-0.15, -0.1) is 10.2 Å². The van der Waals surface area contributed by atoms with Crippen molar-refractivity contribution >= 4 is 17.7 Å². The molecule has 0 aliphatic rings. The maximum Gasteiger partial charge on any atom is 0.233 e. The van der Waals surface area contributed by atoms with E-state index >= 15 is 0 Å². The summed E-state index contributed by atoms with van der Waals surface area (Å²) in [6, 6.07) is 22.0. The van der Waals surface area contributed by atoms with Gasteiger partial charge in [-0.05, 0) is 30.5 Å². The number of amides is 1. The Morgan fingerprint density at radius 2 is 1.72 bits per heavy atom. The number of nitrogens with two attached hydrogens (primary N) is 1. The molecular weight excluding hydrogens is 422 g/mol. The number of nitrogen functional groups attached to an aromatic ring is 1. The Morgan fingerprint density at radius 1 is 1.03 bits per heavy atom. The number of rotatable bonds is 9. The van der Waals surface area contributed by atoms with Crippen molar-refractivity contribution in [1.82, 2.24) is 19.8 Å². The second kappa shape index (κ2) is 10.2. The lowest BCUT2D eigenvalue weighted by Crippen LogP contribution is -2.34. The predicted octanol–water partition coefficient (Wildman–Crippen LogP) is 3.92. The molecule has 0 bridgehead atoms. The topological polar surface area (TPSA) is 90.2 Å². The van der Waals surface area contributed by atoms with Crippen molar-refractivity contribution in [2.45, 2.75) is 25.0 Å². The normalized spacial score (nSPS) is 10.9. The predicted molar refractivity (Wildman–Crippen MR) is 125 cm³/mol. The first-order valence-corrected chi connectivity index (χ1v) is 11.3. The molecule has 0 spiro atoms. The molecule has 4 aromatic rings. The second-order valence-electron chi connectivity index (χ2n) is 7.39. The highest BCUT2D eigenvalue weighted by Gasteiger charge is 2.19. The summed E-state index contributed by atoms with van der Waals surface area (Å²) in [6.45, 7) is 3.03. The average Bonchev–Trinajstić information content (AvgIpc) is 3.41. The molecule has 0 saturated carbocycles. The van der Waals surface area contributed by atoms with Crippen molar-refractivity contribution in [3.8, 4) is 11.4 Å². The number of hydrogen-bond acceptors (Lipinski definition) is 6. The molecule has 4 rings (SSSR count). The van der Waals surface area contributed by atoms with Crippen molar-refractivity contribution in [3.05, 3.63) is 89.9 Å². The van der Waals surface area contributed by atoms with Crippen molar-refractivity contribution in [2.24, 2.45) is 0 Å². The van der Waals surface area contributed by atoms with Crippen LogP contribution in [-0.4, -0.2) is 38.0 Å². The van der Waals surface area contributed by atoms with E-state index in [2.05, 4.69) is 22.3 Å². The third-order valence-electron chi connectivity index (χ3n) is 5.17. The van der Waals surface area contributed by atoms with E-state index in [0.29, 0.717) is 29.8 Å². The van der Waals surface area contributed by atoms with Crippen LogP contribution < -0.4 is 5.84 Å². The van der Waals surface area contributed by atoms with Gasteiger partial charge in [0, 0.05) is 13.1 Å². The number of benzene rings is 2. The van der Waals surface area contributed by atoms with Gasteiger partial charge in [-0.25, -0.2) is 4.68 Å². The van der Waals surface area contributed by atoms with Crippen LogP contribution in [0.1, 0.15) is 16.9 Å². The molecule has 2 aromatic heterocycles. The fourth-order valence-electron chi connectivity index (χ4n) is 3.40. The Bertz CT molecular complexity index is 1160. The highest BCUT2D eigenvalue weighted by atomic mass is 32.2. The van der Waals surface area contributed by atoms with Gasteiger partial charge in [-0.1, -0.05) is 72.4 Å². The number of aryl methyl sites for hydroxylation is 1. The van der Waals surface area contributed by atoms with E-state index < -0.39 is 0 Å². The van der Waals surface area contributed by atoms with E-state index in [1.54, 1.807) is 12.3 Å². The van der Waals surface area contributed by atoms with Gasteiger partial charge in [-0.2, -0.15) is 0 Å². The maximum absolute atomic E-state index is 13.1. The summed E-state index contributed by atoms with van der Waals surface area (Å²) >= 11 is 1.28. The number of furan rings is 1. The van der Waals surface area contributed by atoms with Crippen LogP contribution >= 0.6 is 11.8 Å². The summed E-state index contributed by atoms with van der Waals surface area (Å²) < 4.78 is 6.73. The van der Waals surface area contributed by atoms with Gasteiger partial charge < -0.3 is 15.2 Å². The van der Waals surface area contributed by atoms with E-state index in [0.717, 1.165) is 17.5 Å². The second-order valence-corrected chi connectivity index (χ2v) is 8.33. The van der Waals surface area contributed by atoms with Gasteiger partial charge in [0.25, 0.3) is 0 Å². The molecule has 0 saturated heterocycles. The van der Waals surface area contributed by atoms with E-state index in [-0.39, 0.29) is 11.7 Å². The largest absolute Gasteiger partial charge is 0.469 e. The van der Waals surface area contributed by atoms with Crippen LogP contribution in [0.4, 0.5) is 0 Å². The number of carbonyl (C=O) groups excluding carboxylic acids is 1. The van der Waals surface area contributed by atoms with E-state index in [4.69, 9.17) is 10.3 Å². The molecule has 0 aliphatic carbocycles. The Morgan fingerprint density at radius 3 is 2.38 bits per heavy atom. The van der Waals surface area contributed by atoms with E-state index in [1.165, 1.54) is 22.0 Å². The van der Waals surface area contributed by atoms with Gasteiger partial charge in [0.2, 0.25) is 11.1 Å². The zero-order valence-corrected chi connectivity index (χ0v) is 18.7. The van der Waals surface area contributed by atoms with E-state index in [1.807, 2.05) is 60.4 Å². The van der Waals surface area contributed by atoms with E-state index in [9.17, 15) is 4.79 Å². The fourth-order valence-corrected chi connectivity index (χ4v) is 4.16. The van der Waals surface area contributed by atoms with Crippen LogP contribution in [0.25, 0.3) is 11.4 Å². The minimum atomic E-state index is 0.0267. The number of nitrogens with zero attached hydrogens (tertiary/aromatic N) is 4. The summed E-state index contributed by atoms with van der Waals surface area (Å²) in [5, 5.41) is 8.81. The maximum atomic E-state index is 13.1. The van der Waals surface area contributed by atoms with Crippen molar-refractivity contribution in [1.29, 1.82) is 0 Å². The average molecular weight is 448 g/mol. The highest BCUT2D eigenvalue weighted by Crippen LogP contribution is 2.25. The zero-order chi connectivity index (χ0) is 22.3. The Hall–Kier alpha value is -3.52. The molecule has 8 heteroatoms. The Labute approximate surface area is 191 Å². The molecule has 2 N–H and O–H groups in total. The Balaban J connectivity index is 1.43. The molecular formula is C24H25N5O2S. The molecule has 164 valence electrons. The summed E-state index contributed by atoms with van der Waals surface area (Å²) in [7, 11) is 0. The minimum absolute atomic E-state index is 0.0267. The van der Waals surface area contributed by atoms with Crippen molar-refractivity contribution < 1.29 is 9.21 Å². The molecule has 0 fully saturated rings. The lowest BCUT2D eigenvalue weighted by atomic mass is 10.1. The molecule has 2 aromatic carbocycles. The third kappa shape index (κ3) is 5.20. The molecule has 0 unspecified atom stereocenters. The highest BCUT2D eigenvalue weighted by molar-refractivity contribution is 7.99. The molecule has 0 aliphatic heterocycles. The summed E-state index contributed by atoms with van der Waals surface area (Å²) in [6.07, 6.45) is 2.38. The summed E-state index contributed by atoms with van der Waals surface area (Å²) in [4.78, 5) is 15.0. The smallest absolute Gasteiger partial charge is 0.233 e. The van der Waals surface area contributed by atoms with Crippen LogP contribution in [0, 0.1) is 6.92 Å². The number of carbonyl (C=O) groups is 1. The number of thioether (sulfide) groups is 1. The van der Waals surface area contributed by atoms with Gasteiger partial charge >= 0.3 is 0 Å². The quantitative estimate of drug-likeness (QED) is 0.309. The van der Waals surface area contributed by atoms with Crippen LogP contribution in [0.15, 0.2) is 82.6 Å². The Kier molecular flexibility index (Phi) is 6.91. The summed E-state index contributed by atoms with van der Waals surface area (Å²) in [5.74, 6) is 7.66. The first kappa shape index (κ1) is 21.7. The summed E-state index contributed by atoms with van der Waals surface area (Å²) in [5.41, 5.74) is 3.08. The molecule has 32 heavy (non-hydrogen) atoms. The van der Waals surface area contributed by atoms with Crippen LogP contribution in [0.3, 0.4) is 0 Å². The zero-order valence-electron chi connectivity index (χ0n) is 17.8. The SMILES string of the molecule is Cc1occc1-c1nnc(SCC(=O)N(CCc2ccccc2)Cc2ccccc2)n1N. The third-order valence-corrected chi connectivity index (χ3v) is 6.10. The van der Waals surface area contributed by atoms with Gasteiger partial charge in [-0.3, -0.25) is 4.79 Å². The molecule has 0 radical (unpaired) electrons. The van der Waals surface area contributed by atoms with Crippen LogP contribution in [0.5, 0.6) is 0 Å². The van der Waals surface area contributed by atoms with Gasteiger partial charge in [0.1, 0.15) is 5.76 Å². The molecule has 2 heterocycles. The molecule has 0 atom stereocenters. The minimum Gasteiger partial charge on any atom is -0.469 e. The monoisotopic (exact) mass is 447 g/mol. The lowest BCUT2D eigenvalue weighted by Gasteiger charge is -2.23. The van der Waals surface area contributed by atoms with Crippen LogP contribution in [0.2, 0.25) is 0 Å². The lowest BCUT2D eigenvalue weighted by molar-refractivity contribution is -0.128. The first-order chi connectivity index (χ1) is 15.6. The van der Waals surface area contributed by atoms with Gasteiger partial charge in [0.15, 0.2) is 5.82 Å². The molecule has 7 nitrogen and oxygen atoms in total. The van der Waals surface area contributed by atoms with Crippen molar-refractivity contribution in [2.75, 3.05) is 18.1 Å². The molecule has 1 amide bonds. The first-order valence-electron chi connectivity index (χ1n) is 10.3. The number of aromatic nitrogens is 3. The fraction of sp³-hybridized carbons (Fsp3) is 0.208. The standard InChI is InChI=1S/C24H25N5O2S/c1-18-21(13-15-31-18)23-26-27-24(29(23)25)32-17-22(30)28(16-20-10-6-3-7-11-20)14-12-19-8-4-2-5-9-19/h2-11,13,15H,12,14,16-17,25H2,1H3. The number of hydrogen-bond donors (Lipinski definition) is 1. The van der Waals surface area contributed by atoms with Gasteiger partial charge in [0.05, 0.1) is 17.6 Å². The van der Waals surface area contributed by atoms with Crippen LogP contribution in [-0.2, 0) is 17.8 Å².